The standard InChI is InChI=1S/C12H10F4O/c13-8-5-11(6-8,7-17)9-3-1-2-4-10(9)12(14,15)16/h1-4,7-8H,5-6H2. The van der Waals surface area contributed by atoms with Crippen molar-refractivity contribution in [1.82, 2.24) is 0 Å². The molecule has 5 heteroatoms. The second kappa shape index (κ2) is 3.82. The molecule has 0 bridgehead atoms. The average molecular weight is 246 g/mol. The lowest BCUT2D eigenvalue weighted by molar-refractivity contribution is -0.140. The third-order valence-corrected chi connectivity index (χ3v) is 3.17. The molecule has 2 rings (SSSR count). The first-order valence-electron chi connectivity index (χ1n) is 5.16. The van der Waals surface area contributed by atoms with Gasteiger partial charge in [-0.15, -0.1) is 0 Å². The topological polar surface area (TPSA) is 17.1 Å². The van der Waals surface area contributed by atoms with Crippen LogP contribution in [-0.4, -0.2) is 12.5 Å². The van der Waals surface area contributed by atoms with E-state index in [1.807, 2.05) is 0 Å². The summed E-state index contributed by atoms with van der Waals surface area (Å²) in [4.78, 5) is 11.0. The highest BCUT2D eigenvalue weighted by Gasteiger charge is 2.50. The van der Waals surface area contributed by atoms with E-state index in [0.717, 1.165) is 6.07 Å². The van der Waals surface area contributed by atoms with Gasteiger partial charge in [0.2, 0.25) is 0 Å². The Kier molecular flexibility index (Phi) is 2.72. The van der Waals surface area contributed by atoms with E-state index in [4.69, 9.17) is 0 Å². The van der Waals surface area contributed by atoms with E-state index < -0.39 is 23.3 Å². The summed E-state index contributed by atoms with van der Waals surface area (Å²) in [5.41, 5.74) is -2.26. The highest BCUT2D eigenvalue weighted by atomic mass is 19.4. The van der Waals surface area contributed by atoms with Gasteiger partial charge in [-0.1, -0.05) is 18.2 Å². The summed E-state index contributed by atoms with van der Waals surface area (Å²) in [5.74, 6) is 0. The van der Waals surface area contributed by atoms with Crippen molar-refractivity contribution < 1.29 is 22.4 Å². The molecule has 1 nitrogen and oxygen atoms in total. The summed E-state index contributed by atoms with van der Waals surface area (Å²) in [5, 5.41) is 0. The second-order valence-electron chi connectivity index (χ2n) is 4.32. The van der Waals surface area contributed by atoms with Crippen LogP contribution in [-0.2, 0) is 16.4 Å². The average Bonchev–Trinajstić information content (AvgIpc) is 2.23. The van der Waals surface area contributed by atoms with Gasteiger partial charge in [-0.05, 0) is 24.5 Å². The molecule has 0 radical (unpaired) electrons. The molecule has 0 aliphatic heterocycles. The smallest absolute Gasteiger partial charge is 0.302 e. The van der Waals surface area contributed by atoms with Gasteiger partial charge < -0.3 is 4.79 Å². The Morgan fingerprint density at radius 3 is 2.29 bits per heavy atom. The maximum Gasteiger partial charge on any atom is 0.416 e. The molecule has 0 heterocycles. The van der Waals surface area contributed by atoms with Crippen LogP contribution in [0.2, 0.25) is 0 Å². The number of carbonyl (C=O) groups excluding carboxylic acids is 1. The van der Waals surface area contributed by atoms with E-state index in [0.29, 0.717) is 6.29 Å². The fourth-order valence-corrected chi connectivity index (χ4v) is 2.27. The molecule has 0 aromatic heterocycles. The van der Waals surface area contributed by atoms with Crippen LogP contribution in [0.25, 0.3) is 0 Å². The van der Waals surface area contributed by atoms with Gasteiger partial charge in [-0.2, -0.15) is 13.2 Å². The third-order valence-electron chi connectivity index (χ3n) is 3.17. The molecule has 0 N–H and O–H groups in total. The van der Waals surface area contributed by atoms with Crippen LogP contribution in [0.1, 0.15) is 24.0 Å². The predicted octanol–water partition coefficient (Wildman–Crippen LogP) is 3.27. The van der Waals surface area contributed by atoms with E-state index in [-0.39, 0.29) is 18.4 Å². The van der Waals surface area contributed by atoms with Gasteiger partial charge in [0.15, 0.2) is 0 Å². The van der Waals surface area contributed by atoms with Crippen LogP contribution in [0.5, 0.6) is 0 Å². The van der Waals surface area contributed by atoms with Crippen molar-refractivity contribution in [3.05, 3.63) is 35.4 Å². The van der Waals surface area contributed by atoms with Crippen LogP contribution < -0.4 is 0 Å². The van der Waals surface area contributed by atoms with Crippen molar-refractivity contribution in [2.24, 2.45) is 0 Å². The van der Waals surface area contributed by atoms with Crippen LogP contribution in [0.3, 0.4) is 0 Å². The molecule has 0 atom stereocenters. The van der Waals surface area contributed by atoms with Crippen LogP contribution in [0, 0.1) is 0 Å². The normalized spacial score (nSPS) is 28.6. The van der Waals surface area contributed by atoms with Crippen molar-refractivity contribution in [3.8, 4) is 0 Å². The van der Waals surface area contributed by atoms with Crippen molar-refractivity contribution in [3.63, 3.8) is 0 Å². The zero-order valence-electron chi connectivity index (χ0n) is 8.80. The number of carbonyl (C=O) groups is 1. The van der Waals surface area contributed by atoms with Crippen molar-refractivity contribution >= 4 is 6.29 Å². The first-order chi connectivity index (χ1) is 7.89. The highest BCUT2D eigenvalue weighted by Crippen LogP contribution is 2.47. The summed E-state index contributed by atoms with van der Waals surface area (Å²) in [7, 11) is 0. The molecule has 0 amide bonds. The molecule has 0 saturated heterocycles. The lowest BCUT2D eigenvalue weighted by atomic mass is 9.63. The lowest BCUT2D eigenvalue weighted by Crippen LogP contribution is -2.45. The molecule has 0 unspecified atom stereocenters. The number of rotatable bonds is 2. The molecule has 1 aliphatic rings. The van der Waals surface area contributed by atoms with Crippen LogP contribution in [0.15, 0.2) is 24.3 Å². The van der Waals surface area contributed by atoms with Gasteiger partial charge in [-0.25, -0.2) is 4.39 Å². The van der Waals surface area contributed by atoms with Crippen LogP contribution >= 0.6 is 0 Å². The van der Waals surface area contributed by atoms with E-state index >= 15 is 0 Å². The van der Waals surface area contributed by atoms with E-state index in [1.54, 1.807) is 0 Å². The molecular formula is C12H10F4O. The Morgan fingerprint density at radius 2 is 1.82 bits per heavy atom. The summed E-state index contributed by atoms with van der Waals surface area (Å²) < 4.78 is 51.2. The Morgan fingerprint density at radius 1 is 1.24 bits per heavy atom. The Balaban J connectivity index is 2.49. The Labute approximate surface area is 95.4 Å². The van der Waals surface area contributed by atoms with Crippen molar-refractivity contribution in [2.45, 2.75) is 30.6 Å². The van der Waals surface area contributed by atoms with Gasteiger partial charge in [0.05, 0.1) is 11.0 Å². The van der Waals surface area contributed by atoms with E-state index in [1.165, 1.54) is 18.2 Å². The Hall–Kier alpha value is -1.39. The fraction of sp³-hybridized carbons (Fsp3) is 0.417. The fourth-order valence-electron chi connectivity index (χ4n) is 2.27. The Bertz CT molecular complexity index is 432. The van der Waals surface area contributed by atoms with E-state index in [9.17, 15) is 22.4 Å². The number of alkyl halides is 4. The highest BCUT2D eigenvalue weighted by molar-refractivity contribution is 5.72. The SMILES string of the molecule is O=CC1(c2ccccc2C(F)(F)F)CC(F)C1. The summed E-state index contributed by atoms with van der Waals surface area (Å²) in [6.07, 6.45) is -5.60. The van der Waals surface area contributed by atoms with Gasteiger partial charge >= 0.3 is 6.18 Å². The first-order valence-corrected chi connectivity index (χ1v) is 5.16. The monoisotopic (exact) mass is 246 g/mol. The molecule has 1 saturated carbocycles. The summed E-state index contributed by atoms with van der Waals surface area (Å²) in [6, 6.07) is 4.87. The maximum atomic E-state index is 12.9. The summed E-state index contributed by atoms with van der Waals surface area (Å²) in [6.45, 7) is 0. The number of halogens is 4. The van der Waals surface area contributed by atoms with Crippen LogP contribution in [0.4, 0.5) is 17.6 Å². The molecule has 1 aromatic rings. The molecule has 1 fully saturated rings. The number of aldehydes is 1. The van der Waals surface area contributed by atoms with Gasteiger partial charge in [0.1, 0.15) is 12.5 Å². The lowest BCUT2D eigenvalue weighted by Gasteiger charge is -2.41. The quantitative estimate of drug-likeness (QED) is 0.578. The van der Waals surface area contributed by atoms with Crippen molar-refractivity contribution in [1.29, 1.82) is 0 Å². The molecular weight excluding hydrogens is 236 g/mol. The third kappa shape index (κ3) is 1.94. The van der Waals surface area contributed by atoms with Gasteiger partial charge in [0, 0.05) is 0 Å². The number of benzene rings is 1. The first kappa shape index (κ1) is 12.1. The summed E-state index contributed by atoms with van der Waals surface area (Å²) >= 11 is 0. The number of hydrogen-bond acceptors (Lipinski definition) is 1. The predicted molar refractivity (Wildman–Crippen MR) is 53.3 cm³/mol. The zero-order valence-corrected chi connectivity index (χ0v) is 8.80. The van der Waals surface area contributed by atoms with Crippen molar-refractivity contribution in [2.75, 3.05) is 0 Å². The molecule has 0 spiro atoms. The molecule has 1 aromatic carbocycles. The van der Waals surface area contributed by atoms with E-state index in [2.05, 4.69) is 0 Å². The number of hydrogen-bond donors (Lipinski definition) is 0. The minimum absolute atomic E-state index is 0.114. The molecule has 92 valence electrons. The largest absolute Gasteiger partial charge is 0.416 e. The van der Waals surface area contributed by atoms with Gasteiger partial charge in [0.25, 0.3) is 0 Å². The second-order valence-corrected chi connectivity index (χ2v) is 4.32. The minimum atomic E-state index is -4.52. The minimum Gasteiger partial charge on any atom is -0.302 e. The maximum absolute atomic E-state index is 12.9. The molecule has 1 aliphatic carbocycles. The molecule has 17 heavy (non-hydrogen) atoms. The zero-order chi connectivity index (χ0) is 12.7. The van der Waals surface area contributed by atoms with Gasteiger partial charge in [-0.3, -0.25) is 0 Å².